The minimum Gasteiger partial charge on any atom is -0.508 e. The smallest absolute Gasteiger partial charge is 0.262 e. The van der Waals surface area contributed by atoms with Gasteiger partial charge in [0.05, 0.1) is 17.7 Å². The fourth-order valence-corrected chi connectivity index (χ4v) is 9.92. The number of amides is 5. The summed E-state index contributed by atoms with van der Waals surface area (Å²) >= 11 is 0. The molecule has 3 saturated heterocycles. The predicted octanol–water partition coefficient (Wildman–Crippen LogP) is 6.25. The number of hydrogen-bond acceptors (Lipinski definition) is 8. The van der Waals surface area contributed by atoms with Gasteiger partial charge >= 0.3 is 0 Å². The van der Waals surface area contributed by atoms with Gasteiger partial charge in [-0.2, -0.15) is 0 Å². The van der Waals surface area contributed by atoms with Crippen LogP contribution in [-0.2, 0) is 27.5 Å². The van der Waals surface area contributed by atoms with Gasteiger partial charge in [0.15, 0.2) is 0 Å². The van der Waals surface area contributed by atoms with Crippen molar-refractivity contribution in [3.8, 4) is 28.0 Å². The third-order valence-electron chi connectivity index (χ3n) is 13.2. The normalized spacial score (nSPS) is 20.2. The maximum atomic E-state index is 13.9. The fourth-order valence-electron chi connectivity index (χ4n) is 9.92. The Hall–Kier alpha value is -6.40. The number of nitrogens with zero attached hydrogens (tertiary/aromatic N) is 4. The standard InChI is InChI=1S/C47H42FN5O6/c48-33-6-1-28(2-7-33)36-11-5-30-21-35(54)10-12-37(30)43(36)29-3-8-34(9-4-29)51-20-17-47(27-51)15-18-50(19-16-47)26-42(56)52-24-31-22-38-39(23-32(31)25-52)46(59)53(45(38)58)40-13-14-41(55)49-44(40)57/h1-12,21-23,40,54H,13-20,24-27H2,(H,49,55,57). The fraction of sp³-hybridized carbons (Fsp3) is 0.298. The number of phenolic OH excluding ortho intramolecular Hbond substituents is 1. The van der Waals surface area contributed by atoms with Gasteiger partial charge in [0.25, 0.3) is 11.8 Å². The predicted molar refractivity (Wildman–Crippen MR) is 219 cm³/mol. The summed E-state index contributed by atoms with van der Waals surface area (Å²) in [6, 6.07) is 27.0. The van der Waals surface area contributed by atoms with Crippen LogP contribution in [0.25, 0.3) is 33.0 Å². The van der Waals surface area contributed by atoms with E-state index >= 15 is 0 Å². The first-order chi connectivity index (χ1) is 28.5. The van der Waals surface area contributed by atoms with Crippen LogP contribution in [0.15, 0.2) is 91.0 Å². The van der Waals surface area contributed by atoms with Gasteiger partial charge in [-0.1, -0.05) is 42.5 Å². The first kappa shape index (κ1) is 36.9. The Kier molecular flexibility index (Phi) is 8.86. The lowest BCUT2D eigenvalue weighted by atomic mass is 9.78. The largest absolute Gasteiger partial charge is 0.508 e. The minimum atomic E-state index is -1.01. The Morgan fingerprint density at radius 2 is 1.42 bits per heavy atom. The highest BCUT2D eigenvalue weighted by molar-refractivity contribution is 6.23. The lowest BCUT2D eigenvalue weighted by molar-refractivity contribution is -0.136. The first-order valence-electron chi connectivity index (χ1n) is 20.3. The van der Waals surface area contributed by atoms with E-state index in [1.165, 1.54) is 12.1 Å². The second-order valence-electron chi connectivity index (χ2n) is 16.8. The number of carbonyl (C=O) groups is 5. The van der Waals surface area contributed by atoms with E-state index < -0.39 is 29.7 Å². The van der Waals surface area contributed by atoms with Gasteiger partial charge in [-0.3, -0.25) is 39.1 Å². The van der Waals surface area contributed by atoms with Crippen LogP contribution < -0.4 is 10.2 Å². The van der Waals surface area contributed by atoms with Crippen LogP contribution in [0.3, 0.4) is 0 Å². The van der Waals surface area contributed by atoms with Crippen molar-refractivity contribution in [1.29, 1.82) is 0 Å². The van der Waals surface area contributed by atoms with Crippen LogP contribution in [0.1, 0.15) is 63.9 Å². The maximum absolute atomic E-state index is 13.9. The number of likely N-dealkylation sites (tertiary alicyclic amines) is 1. The number of anilines is 1. The highest BCUT2D eigenvalue weighted by atomic mass is 19.1. The molecule has 298 valence electrons. The third kappa shape index (κ3) is 6.51. The number of nitrogens with one attached hydrogen (secondary N) is 1. The van der Waals surface area contributed by atoms with Crippen molar-refractivity contribution in [3.63, 3.8) is 0 Å². The molecule has 1 atom stereocenters. The number of imide groups is 2. The summed E-state index contributed by atoms with van der Waals surface area (Å²) in [5.74, 6) is -2.21. The molecule has 5 aromatic rings. The lowest BCUT2D eigenvalue weighted by Crippen LogP contribution is -2.54. The summed E-state index contributed by atoms with van der Waals surface area (Å²) < 4.78 is 13.9. The Labute approximate surface area is 340 Å². The molecular weight excluding hydrogens is 750 g/mol. The first-order valence-corrected chi connectivity index (χ1v) is 20.3. The van der Waals surface area contributed by atoms with Gasteiger partial charge in [0.2, 0.25) is 17.7 Å². The summed E-state index contributed by atoms with van der Waals surface area (Å²) in [5.41, 5.74) is 7.44. The molecule has 1 spiro atoms. The van der Waals surface area contributed by atoms with Crippen LogP contribution in [-0.4, -0.2) is 88.1 Å². The Bertz CT molecular complexity index is 2560. The Morgan fingerprint density at radius 3 is 2.10 bits per heavy atom. The van der Waals surface area contributed by atoms with E-state index in [4.69, 9.17) is 0 Å². The van der Waals surface area contributed by atoms with Gasteiger partial charge in [0.1, 0.15) is 17.6 Å². The number of carbonyl (C=O) groups excluding carboxylic acids is 5. The summed E-state index contributed by atoms with van der Waals surface area (Å²) in [4.78, 5) is 71.8. The zero-order valence-corrected chi connectivity index (χ0v) is 32.4. The van der Waals surface area contributed by atoms with Crippen LogP contribution in [0.5, 0.6) is 5.75 Å². The molecule has 5 amide bonds. The average Bonchev–Trinajstić information content (AvgIpc) is 3.92. The summed E-state index contributed by atoms with van der Waals surface area (Å²) in [5, 5.41) is 14.3. The zero-order chi connectivity index (χ0) is 40.6. The van der Waals surface area contributed by atoms with Gasteiger partial charge in [-0.25, -0.2) is 4.39 Å². The maximum Gasteiger partial charge on any atom is 0.262 e. The molecule has 0 saturated carbocycles. The minimum absolute atomic E-state index is 0.0128. The van der Waals surface area contributed by atoms with Crippen molar-refractivity contribution in [3.05, 3.63) is 119 Å². The molecule has 0 bridgehead atoms. The number of aromatic hydroxyl groups is 1. The molecule has 0 aromatic heterocycles. The van der Waals surface area contributed by atoms with Crippen LogP contribution in [0, 0.1) is 11.2 Å². The van der Waals surface area contributed by atoms with E-state index in [-0.39, 0.29) is 46.9 Å². The van der Waals surface area contributed by atoms with Gasteiger partial charge in [-0.15, -0.1) is 0 Å². The van der Waals surface area contributed by atoms with Gasteiger partial charge in [-0.05, 0) is 137 Å². The molecule has 10 rings (SSSR count). The number of halogens is 1. The van der Waals surface area contributed by atoms with E-state index in [0.29, 0.717) is 19.6 Å². The number of fused-ring (bicyclic) bond motifs is 3. The molecule has 11 nitrogen and oxygen atoms in total. The van der Waals surface area contributed by atoms with Crippen LogP contribution in [0.2, 0.25) is 0 Å². The zero-order valence-electron chi connectivity index (χ0n) is 32.4. The van der Waals surface area contributed by atoms with Crippen LogP contribution >= 0.6 is 0 Å². The van der Waals surface area contributed by atoms with Gasteiger partial charge < -0.3 is 14.9 Å². The molecule has 3 fully saturated rings. The van der Waals surface area contributed by atoms with E-state index in [1.54, 1.807) is 41.3 Å². The van der Waals surface area contributed by atoms with Crippen LogP contribution in [0.4, 0.5) is 10.1 Å². The Balaban J connectivity index is 0.767. The van der Waals surface area contributed by atoms with Crippen molar-refractivity contribution in [2.75, 3.05) is 37.6 Å². The summed E-state index contributed by atoms with van der Waals surface area (Å²) in [6.07, 6.45) is 3.25. The highest BCUT2D eigenvalue weighted by Crippen LogP contribution is 2.44. The molecule has 5 aromatic carbocycles. The monoisotopic (exact) mass is 791 g/mol. The topological polar surface area (TPSA) is 131 Å². The molecule has 0 radical (unpaired) electrons. The second kappa shape index (κ2) is 14.2. The summed E-state index contributed by atoms with van der Waals surface area (Å²) in [6.45, 7) is 4.58. The summed E-state index contributed by atoms with van der Waals surface area (Å²) in [7, 11) is 0. The highest BCUT2D eigenvalue weighted by Gasteiger charge is 2.46. The number of rotatable bonds is 6. The molecular formula is C47H42FN5O6. The molecule has 1 unspecified atom stereocenters. The molecule has 0 aliphatic carbocycles. The van der Waals surface area contributed by atoms with Crippen molar-refractivity contribution in [1.82, 2.24) is 20.0 Å². The molecule has 5 heterocycles. The number of hydrogen-bond donors (Lipinski definition) is 2. The van der Waals surface area contributed by atoms with E-state index in [1.807, 2.05) is 18.2 Å². The van der Waals surface area contributed by atoms with Crippen molar-refractivity contribution < 1.29 is 33.5 Å². The van der Waals surface area contributed by atoms with E-state index in [2.05, 4.69) is 39.4 Å². The second-order valence-corrected chi connectivity index (χ2v) is 16.8. The quantitative estimate of drug-likeness (QED) is 0.193. The van der Waals surface area contributed by atoms with Crippen molar-refractivity contribution in [2.24, 2.45) is 5.41 Å². The number of phenols is 1. The SMILES string of the molecule is O=C1CCC(N2C(=O)c3cc4c(cc3C2=O)CN(C(=O)CN2CCC3(CC2)CCN(c2ccc(-c5c(-c6ccc(F)cc6)ccc6cc(O)ccc56)cc2)C3)C4)C(=O)N1. The molecule has 12 heteroatoms. The van der Waals surface area contributed by atoms with Gasteiger partial charge in [0, 0.05) is 38.3 Å². The Morgan fingerprint density at radius 1 is 0.763 bits per heavy atom. The number of piperidine rings is 2. The number of benzene rings is 5. The van der Waals surface area contributed by atoms with E-state index in [9.17, 15) is 33.5 Å². The third-order valence-corrected chi connectivity index (χ3v) is 13.2. The molecule has 59 heavy (non-hydrogen) atoms. The molecule has 5 aliphatic rings. The van der Waals surface area contributed by atoms with Crippen molar-refractivity contribution in [2.45, 2.75) is 51.2 Å². The molecule has 5 aliphatic heterocycles. The lowest BCUT2D eigenvalue weighted by Gasteiger charge is -2.39. The average molecular weight is 792 g/mol. The van der Waals surface area contributed by atoms with Crippen molar-refractivity contribution >= 4 is 46.0 Å². The van der Waals surface area contributed by atoms with E-state index in [0.717, 1.165) is 100 Å². The molecule has 2 N–H and O–H groups in total.